The van der Waals surface area contributed by atoms with Crippen LogP contribution in [-0.2, 0) is 29.7 Å². The van der Waals surface area contributed by atoms with Gasteiger partial charge in [-0.15, -0.1) is 22.7 Å². The Bertz CT molecular complexity index is 1250. The first kappa shape index (κ1) is 44.4. The van der Waals surface area contributed by atoms with Crippen molar-refractivity contribution < 1.29 is 113 Å². The van der Waals surface area contributed by atoms with Crippen LogP contribution >= 0.6 is 22.7 Å². The minimum atomic E-state index is -4.28. The maximum absolute atomic E-state index is 11.2. The van der Waals surface area contributed by atoms with E-state index in [4.69, 9.17) is 28.4 Å². The molecular formula is C28H42Na2O12S4. The van der Waals surface area contributed by atoms with Crippen molar-refractivity contribution in [3.63, 3.8) is 0 Å². The molecule has 4 heterocycles. The zero-order valence-corrected chi connectivity index (χ0v) is 34.6. The van der Waals surface area contributed by atoms with Crippen LogP contribution in [0, 0.1) is 11.8 Å². The molecule has 0 saturated heterocycles. The molecule has 2 aromatic rings. The van der Waals surface area contributed by atoms with Gasteiger partial charge >= 0.3 is 59.1 Å². The molecule has 46 heavy (non-hydrogen) atoms. The molecule has 4 atom stereocenters. The zero-order valence-electron chi connectivity index (χ0n) is 27.4. The van der Waals surface area contributed by atoms with Gasteiger partial charge in [-0.25, -0.2) is 16.8 Å². The summed E-state index contributed by atoms with van der Waals surface area (Å²) in [4.78, 5) is 0. The summed E-state index contributed by atoms with van der Waals surface area (Å²) in [6, 6.07) is 0. The summed E-state index contributed by atoms with van der Waals surface area (Å²) in [5, 5.41) is 5.71. The quantitative estimate of drug-likeness (QED) is 0.111. The van der Waals surface area contributed by atoms with E-state index in [0.29, 0.717) is 50.8 Å². The van der Waals surface area contributed by atoms with Crippen molar-refractivity contribution in [2.75, 3.05) is 39.6 Å². The summed E-state index contributed by atoms with van der Waals surface area (Å²) in [7, 11) is -8.56. The molecule has 0 amide bonds. The molecule has 18 heteroatoms. The number of hydrogen-bond donors (Lipinski definition) is 0. The Balaban J connectivity index is 0.000000441. The van der Waals surface area contributed by atoms with E-state index in [2.05, 4.69) is 0 Å². The molecule has 0 saturated carbocycles. The van der Waals surface area contributed by atoms with Gasteiger partial charge in [0.25, 0.3) is 0 Å². The van der Waals surface area contributed by atoms with Crippen LogP contribution in [0.25, 0.3) is 0 Å². The smallest absolute Gasteiger partial charge is 0.748 e. The molecule has 4 rings (SSSR count). The van der Waals surface area contributed by atoms with Crippen LogP contribution in [-0.4, -0.2) is 88.3 Å². The van der Waals surface area contributed by atoms with Gasteiger partial charge in [-0.1, -0.05) is 27.7 Å². The van der Waals surface area contributed by atoms with Crippen molar-refractivity contribution >= 4 is 42.9 Å². The third-order valence-electron chi connectivity index (χ3n) is 6.68. The van der Waals surface area contributed by atoms with E-state index >= 15 is 0 Å². The summed E-state index contributed by atoms with van der Waals surface area (Å²) in [5.74, 6) is 3.22. The predicted octanol–water partition coefficient (Wildman–Crippen LogP) is -1.48. The number of thiophene rings is 2. The first-order valence-corrected chi connectivity index (χ1v) is 19.3. The molecule has 4 unspecified atom stereocenters. The number of rotatable bonds is 16. The number of hydrogen-bond acceptors (Lipinski definition) is 14. The fourth-order valence-corrected chi connectivity index (χ4v) is 7.91. The van der Waals surface area contributed by atoms with Gasteiger partial charge in [-0.3, -0.25) is 0 Å². The molecule has 12 nitrogen and oxygen atoms in total. The Morgan fingerprint density at radius 3 is 1.37 bits per heavy atom. The fraction of sp³-hybridized carbons (Fsp3) is 0.714. The normalized spacial score (nSPS) is 18.5. The SMILES string of the molecule is CC(C)CC(CCOCC1COc2cscc2O1)S(=O)(=O)[O-].CC(C)CC(CCOCC1COc2cscc2O1)S(=O)(=O)[O-].[Na+].[Na+]. The van der Waals surface area contributed by atoms with Gasteiger partial charge in [0.2, 0.25) is 0 Å². The molecule has 0 radical (unpaired) electrons. The largest absolute Gasteiger partial charge is 1.00 e. The third-order valence-corrected chi connectivity index (χ3v) is 10.6. The molecule has 252 valence electrons. The van der Waals surface area contributed by atoms with E-state index < -0.39 is 30.7 Å². The maximum Gasteiger partial charge on any atom is 1.00 e. The van der Waals surface area contributed by atoms with Crippen molar-refractivity contribution in [2.45, 2.75) is 76.1 Å². The van der Waals surface area contributed by atoms with Crippen LogP contribution in [0.2, 0.25) is 0 Å². The minimum absolute atomic E-state index is 0. The minimum Gasteiger partial charge on any atom is -0.748 e. The van der Waals surface area contributed by atoms with Gasteiger partial charge in [-0.05, 0) is 37.5 Å². The van der Waals surface area contributed by atoms with E-state index in [1.54, 1.807) is 0 Å². The number of ether oxygens (including phenoxy) is 6. The van der Waals surface area contributed by atoms with Gasteiger partial charge in [-0.2, -0.15) is 0 Å². The second kappa shape index (κ2) is 21.5. The van der Waals surface area contributed by atoms with Crippen LogP contribution in [0.15, 0.2) is 21.5 Å². The monoisotopic (exact) mass is 744 g/mol. The van der Waals surface area contributed by atoms with Gasteiger partial charge in [0.15, 0.2) is 35.2 Å². The standard InChI is InChI=1S/2C14H22O6S2.2Na/c2*1-10(2)5-12(22(15,16)17)3-4-18-6-11-7-19-13-8-21-9-14(13)20-11;;/h2*8-12H,3-7H2,1-2H3,(H,15,16,17);;/q;;2*+1/p-2. The Morgan fingerprint density at radius 2 is 1.04 bits per heavy atom. The maximum atomic E-state index is 11.2. The van der Waals surface area contributed by atoms with Crippen molar-refractivity contribution in [3.8, 4) is 23.0 Å². The second-order valence-electron chi connectivity index (χ2n) is 11.5. The van der Waals surface area contributed by atoms with Gasteiger partial charge < -0.3 is 37.5 Å². The van der Waals surface area contributed by atoms with Crippen molar-refractivity contribution in [1.29, 1.82) is 0 Å². The topological polar surface area (TPSA) is 170 Å². The first-order chi connectivity index (χ1) is 20.7. The van der Waals surface area contributed by atoms with E-state index in [1.165, 1.54) is 22.7 Å². The zero-order chi connectivity index (χ0) is 32.3. The summed E-state index contributed by atoms with van der Waals surface area (Å²) in [6.07, 6.45) is 0.708. The summed E-state index contributed by atoms with van der Waals surface area (Å²) in [5.41, 5.74) is 0. The summed E-state index contributed by atoms with van der Waals surface area (Å²) >= 11 is 3.01. The predicted molar refractivity (Wildman–Crippen MR) is 165 cm³/mol. The van der Waals surface area contributed by atoms with Gasteiger partial charge in [0.1, 0.15) is 13.2 Å². The Hall–Kier alpha value is 0.340. The van der Waals surface area contributed by atoms with E-state index in [-0.39, 0.29) is 109 Å². The molecule has 0 N–H and O–H groups in total. The van der Waals surface area contributed by atoms with E-state index in [9.17, 15) is 25.9 Å². The second-order valence-corrected chi connectivity index (χ2v) is 16.3. The molecule has 0 bridgehead atoms. The molecular weight excluding hydrogens is 703 g/mol. The number of fused-ring (bicyclic) bond motifs is 2. The molecule has 2 aliphatic heterocycles. The van der Waals surface area contributed by atoms with Crippen LogP contribution in [0.1, 0.15) is 53.4 Å². The van der Waals surface area contributed by atoms with Crippen LogP contribution in [0.3, 0.4) is 0 Å². The average Bonchev–Trinajstić information content (AvgIpc) is 3.60. The molecule has 0 aromatic carbocycles. The molecule has 0 fully saturated rings. The Morgan fingerprint density at radius 1 is 0.696 bits per heavy atom. The van der Waals surface area contributed by atoms with Crippen molar-refractivity contribution in [1.82, 2.24) is 0 Å². The first-order valence-electron chi connectivity index (χ1n) is 14.5. The molecule has 2 aliphatic rings. The Labute approximate surface area is 325 Å². The van der Waals surface area contributed by atoms with Gasteiger partial charge in [0.05, 0.1) is 43.9 Å². The average molecular weight is 745 g/mol. The van der Waals surface area contributed by atoms with Crippen molar-refractivity contribution in [3.05, 3.63) is 21.5 Å². The van der Waals surface area contributed by atoms with Crippen LogP contribution < -0.4 is 78.1 Å². The van der Waals surface area contributed by atoms with Crippen molar-refractivity contribution in [2.24, 2.45) is 11.8 Å². The van der Waals surface area contributed by atoms with Gasteiger partial charge in [0, 0.05) is 34.7 Å². The summed E-state index contributed by atoms with van der Waals surface area (Å²) < 4.78 is 101. The van der Waals surface area contributed by atoms with Crippen LogP contribution in [0.5, 0.6) is 23.0 Å². The van der Waals surface area contributed by atoms with Crippen LogP contribution in [0.4, 0.5) is 0 Å². The fourth-order valence-electron chi connectivity index (χ4n) is 4.56. The van der Waals surface area contributed by atoms with E-state index in [1.807, 2.05) is 49.2 Å². The van der Waals surface area contributed by atoms with E-state index in [0.717, 1.165) is 11.5 Å². The molecule has 2 aromatic heterocycles. The molecule has 0 aliphatic carbocycles. The Kier molecular flexibility index (Phi) is 20.8. The summed E-state index contributed by atoms with van der Waals surface area (Å²) in [6.45, 7) is 9.43. The molecule has 0 spiro atoms. The third kappa shape index (κ3) is 15.9.